The second-order valence-corrected chi connectivity index (χ2v) is 10.1. The lowest BCUT2D eigenvalue weighted by Gasteiger charge is -2.69. The Hall–Kier alpha value is -2.82. The van der Waals surface area contributed by atoms with Crippen LogP contribution in [0.4, 0.5) is 5.82 Å². The molecule has 10 heteroatoms. The van der Waals surface area contributed by atoms with Gasteiger partial charge in [-0.1, -0.05) is 6.07 Å². The number of nitrogen functional groups attached to an aromatic ring is 1. The first-order chi connectivity index (χ1) is 14.2. The predicted molar refractivity (Wildman–Crippen MR) is 109 cm³/mol. The number of aliphatic hydroxyl groups excluding tert-OH is 1. The molecule has 0 amide bonds. The molecule has 6 rings (SSSR count). The summed E-state index contributed by atoms with van der Waals surface area (Å²) in [7, 11) is -3.72. The first-order valence-corrected chi connectivity index (χ1v) is 11.0. The molecular weight excluding hydrogens is 406 g/mol. The van der Waals surface area contributed by atoms with Crippen molar-refractivity contribution in [2.24, 2.45) is 5.41 Å². The number of benzene rings is 1. The molecule has 0 radical (unpaired) electrons. The van der Waals surface area contributed by atoms with E-state index in [4.69, 9.17) is 10.2 Å². The molecule has 0 spiro atoms. The van der Waals surface area contributed by atoms with Crippen LogP contribution >= 0.6 is 0 Å². The van der Waals surface area contributed by atoms with Gasteiger partial charge in [0.15, 0.2) is 23.7 Å². The topological polar surface area (TPSA) is 144 Å². The van der Waals surface area contributed by atoms with Crippen LogP contribution in [0, 0.1) is 12.3 Å². The Morgan fingerprint density at radius 2 is 2.03 bits per heavy atom. The molecule has 3 aliphatic rings. The number of oxazole rings is 1. The molecule has 2 aromatic heterocycles. The van der Waals surface area contributed by atoms with Crippen LogP contribution in [0.3, 0.4) is 0 Å². The lowest BCUT2D eigenvalue weighted by molar-refractivity contribution is -0.167. The molecule has 1 aromatic carbocycles. The predicted octanol–water partition coefficient (Wildman–Crippen LogP) is 1.88. The van der Waals surface area contributed by atoms with E-state index in [1.54, 1.807) is 18.2 Å². The van der Waals surface area contributed by atoms with Crippen molar-refractivity contribution in [3.63, 3.8) is 0 Å². The first kappa shape index (κ1) is 19.2. The van der Waals surface area contributed by atoms with Gasteiger partial charge in [-0.05, 0) is 49.3 Å². The number of nitrogens with one attached hydrogen (secondary N) is 1. The number of hydrogen-bond donors (Lipinski definition) is 3. The van der Waals surface area contributed by atoms with Gasteiger partial charge in [0.25, 0.3) is 0 Å². The van der Waals surface area contributed by atoms with Crippen molar-refractivity contribution in [2.45, 2.75) is 36.6 Å². The number of anilines is 1. The molecule has 3 aliphatic carbocycles. The van der Waals surface area contributed by atoms with Gasteiger partial charge in [0, 0.05) is 17.7 Å². The number of nitrogens with zero attached hydrogens (tertiary/aromatic N) is 3. The summed E-state index contributed by atoms with van der Waals surface area (Å²) in [5.41, 5.74) is 7.73. The van der Waals surface area contributed by atoms with Crippen LogP contribution < -0.4 is 10.5 Å². The highest BCUT2D eigenvalue weighted by Crippen LogP contribution is 2.67. The minimum atomic E-state index is -3.72. The van der Waals surface area contributed by atoms with E-state index in [0.29, 0.717) is 42.0 Å². The van der Waals surface area contributed by atoms with Gasteiger partial charge in [-0.25, -0.2) is 28.1 Å². The van der Waals surface area contributed by atoms with Crippen molar-refractivity contribution in [3.8, 4) is 22.7 Å². The van der Waals surface area contributed by atoms with Gasteiger partial charge in [0.2, 0.25) is 10.0 Å². The van der Waals surface area contributed by atoms with Crippen LogP contribution in [0.2, 0.25) is 0 Å². The van der Waals surface area contributed by atoms with Gasteiger partial charge in [-0.3, -0.25) is 0 Å². The summed E-state index contributed by atoms with van der Waals surface area (Å²) in [6.45, 7) is 1.98. The summed E-state index contributed by atoms with van der Waals surface area (Å²) >= 11 is 0. The third kappa shape index (κ3) is 2.91. The van der Waals surface area contributed by atoms with Crippen LogP contribution in [0.1, 0.15) is 24.8 Å². The van der Waals surface area contributed by atoms with Gasteiger partial charge in [0.1, 0.15) is 0 Å². The van der Waals surface area contributed by atoms with Crippen molar-refractivity contribution in [1.82, 2.24) is 19.7 Å². The Morgan fingerprint density at radius 3 is 2.70 bits per heavy atom. The normalized spacial score (nSPS) is 24.9. The van der Waals surface area contributed by atoms with Crippen molar-refractivity contribution < 1.29 is 17.9 Å². The largest absolute Gasteiger partial charge is 0.442 e. The Morgan fingerprint density at radius 1 is 1.27 bits per heavy atom. The average molecular weight is 427 g/mol. The fourth-order valence-corrected chi connectivity index (χ4v) is 6.13. The maximum atomic E-state index is 13.0. The molecule has 4 N–H and O–H groups in total. The number of sulfonamides is 1. The lowest BCUT2D eigenvalue weighted by Crippen LogP contribution is -2.75. The van der Waals surface area contributed by atoms with E-state index in [-0.39, 0.29) is 22.7 Å². The molecule has 0 unspecified atom stereocenters. The molecule has 9 nitrogen and oxygen atoms in total. The highest BCUT2D eigenvalue weighted by atomic mass is 32.2. The monoisotopic (exact) mass is 427 g/mol. The molecule has 0 saturated heterocycles. The van der Waals surface area contributed by atoms with Crippen LogP contribution in [-0.4, -0.2) is 40.6 Å². The zero-order valence-electron chi connectivity index (χ0n) is 16.3. The molecule has 0 aliphatic heterocycles. The van der Waals surface area contributed by atoms with E-state index in [9.17, 15) is 13.5 Å². The van der Waals surface area contributed by atoms with Gasteiger partial charge >= 0.3 is 0 Å². The average Bonchev–Trinajstić information content (AvgIpc) is 3.19. The molecule has 0 atom stereocenters. The number of aromatic nitrogens is 3. The Balaban J connectivity index is 1.48. The molecular formula is C20H21N5O4S. The minimum absolute atomic E-state index is 0.0857. The molecule has 3 aromatic rings. The molecule has 3 saturated carbocycles. The zero-order chi connectivity index (χ0) is 21.1. The van der Waals surface area contributed by atoms with Crippen molar-refractivity contribution in [3.05, 3.63) is 42.5 Å². The van der Waals surface area contributed by atoms with Crippen molar-refractivity contribution >= 4 is 15.8 Å². The third-order valence-electron chi connectivity index (χ3n) is 6.09. The van der Waals surface area contributed by atoms with E-state index >= 15 is 0 Å². The number of hydrogen-bond acceptors (Lipinski definition) is 8. The van der Waals surface area contributed by atoms with E-state index in [1.165, 1.54) is 18.8 Å². The second-order valence-electron chi connectivity index (χ2n) is 8.41. The van der Waals surface area contributed by atoms with E-state index in [2.05, 4.69) is 19.7 Å². The highest BCUT2D eigenvalue weighted by Gasteiger charge is 2.68. The zero-order valence-corrected chi connectivity index (χ0v) is 17.1. The summed E-state index contributed by atoms with van der Waals surface area (Å²) in [5.74, 6) is 0.575. The van der Waals surface area contributed by atoms with Crippen LogP contribution in [0.15, 0.2) is 46.3 Å². The lowest BCUT2D eigenvalue weighted by atomic mass is 9.40. The van der Waals surface area contributed by atoms with Crippen LogP contribution in [0.25, 0.3) is 22.7 Å². The summed E-state index contributed by atoms with van der Waals surface area (Å²) in [6.07, 6.45) is 6.31. The number of rotatable bonds is 6. The number of aryl methyl sites for hydroxylation is 1. The van der Waals surface area contributed by atoms with Crippen LogP contribution in [0.5, 0.6) is 0 Å². The molecule has 2 bridgehead atoms. The van der Waals surface area contributed by atoms with Crippen molar-refractivity contribution in [2.75, 3.05) is 12.3 Å². The maximum Gasteiger partial charge on any atom is 0.241 e. The first-order valence-electron chi connectivity index (χ1n) is 9.52. The van der Waals surface area contributed by atoms with E-state index < -0.39 is 15.6 Å². The summed E-state index contributed by atoms with van der Waals surface area (Å²) < 4.78 is 34.1. The second kappa shape index (κ2) is 6.34. The minimum Gasteiger partial charge on any atom is -0.442 e. The fraction of sp³-hybridized carbons (Fsp3) is 0.350. The summed E-state index contributed by atoms with van der Waals surface area (Å²) in [5, 5.41) is 9.41. The standard InChI is InChI=1S/C20H21N5O4S/c1-12-2-3-13(30(27,28)25-20-7-19(8-20,9-20)10-26)4-14(12)15-5-23-18(21)17(24-15)16-6-22-11-29-16/h2-6,11,25-26H,7-10H2,1H3,(H2,21,23). The number of aliphatic hydroxyl groups is 1. The summed E-state index contributed by atoms with van der Waals surface area (Å²) in [4.78, 5) is 12.8. The Kier molecular flexibility index (Phi) is 4.05. The number of nitrogens with two attached hydrogens (primary N) is 1. The SMILES string of the molecule is Cc1ccc(S(=O)(=O)NC23CC(CO)(C2)C3)cc1-c1cnc(N)c(-c2cnco2)n1. The quantitative estimate of drug-likeness (QED) is 0.541. The molecule has 30 heavy (non-hydrogen) atoms. The van der Waals surface area contributed by atoms with Crippen LogP contribution in [-0.2, 0) is 10.0 Å². The molecule has 2 heterocycles. The Labute approximate surface area is 173 Å². The maximum absolute atomic E-state index is 13.0. The van der Waals surface area contributed by atoms with Gasteiger partial charge < -0.3 is 15.3 Å². The Bertz CT molecular complexity index is 1220. The smallest absolute Gasteiger partial charge is 0.241 e. The molecule has 3 fully saturated rings. The third-order valence-corrected chi connectivity index (χ3v) is 7.66. The van der Waals surface area contributed by atoms with Gasteiger partial charge in [0.05, 0.1) is 23.0 Å². The van der Waals surface area contributed by atoms with E-state index in [1.807, 2.05) is 6.92 Å². The van der Waals surface area contributed by atoms with Gasteiger partial charge in [-0.2, -0.15) is 0 Å². The fourth-order valence-electron chi connectivity index (χ4n) is 4.70. The van der Waals surface area contributed by atoms with Crippen molar-refractivity contribution in [1.29, 1.82) is 0 Å². The highest BCUT2D eigenvalue weighted by molar-refractivity contribution is 7.89. The summed E-state index contributed by atoms with van der Waals surface area (Å²) in [6, 6.07) is 4.92. The van der Waals surface area contributed by atoms with E-state index in [0.717, 1.165) is 5.56 Å². The van der Waals surface area contributed by atoms with Gasteiger partial charge in [-0.15, -0.1) is 0 Å². The molecule has 156 valence electrons.